The summed E-state index contributed by atoms with van der Waals surface area (Å²) in [6.07, 6.45) is 6.04. The van der Waals surface area contributed by atoms with Crippen molar-refractivity contribution < 1.29 is 14.3 Å². The zero-order chi connectivity index (χ0) is 19.6. The minimum Gasteiger partial charge on any atom is -0.465 e. The molecule has 3 rings (SSSR count). The molecule has 8 heteroatoms. The van der Waals surface area contributed by atoms with Gasteiger partial charge in [-0.15, -0.1) is 5.10 Å². The van der Waals surface area contributed by atoms with Crippen molar-refractivity contribution in [1.29, 1.82) is 0 Å². The molecule has 1 saturated carbocycles. The van der Waals surface area contributed by atoms with Gasteiger partial charge < -0.3 is 9.72 Å². The highest BCUT2D eigenvalue weighted by atomic mass is 32.2. The number of rotatable bonds is 7. The van der Waals surface area contributed by atoms with E-state index in [4.69, 9.17) is 4.74 Å². The van der Waals surface area contributed by atoms with Crippen molar-refractivity contribution in [3.63, 3.8) is 0 Å². The van der Waals surface area contributed by atoms with Gasteiger partial charge in [-0.25, -0.2) is 9.78 Å². The number of H-pyrrole nitrogens is 2. The number of nitrogens with zero attached hydrogens (tertiary/aromatic N) is 2. The molecule has 2 aromatic rings. The second-order valence-corrected chi connectivity index (χ2v) is 8.47. The SMILES string of the molecule is COC(=O)c1c(C)[nH]c(C(=O)[C@@H](C)Sc2n[nH]c(CC3CCCC3)n2)c1C. The van der Waals surface area contributed by atoms with Crippen molar-refractivity contribution >= 4 is 23.5 Å². The number of methoxy groups -OCH3 is 1. The van der Waals surface area contributed by atoms with Crippen LogP contribution in [0.4, 0.5) is 0 Å². The lowest BCUT2D eigenvalue weighted by Gasteiger charge is -2.07. The van der Waals surface area contributed by atoms with E-state index in [2.05, 4.69) is 20.2 Å². The lowest BCUT2D eigenvalue weighted by atomic mass is 10.0. The second kappa shape index (κ2) is 8.29. The van der Waals surface area contributed by atoms with Crippen molar-refractivity contribution in [2.45, 2.75) is 63.3 Å². The molecule has 2 heterocycles. The van der Waals surface area contributed by atoms with Gasteiger partial charge in [0.15, 0.2) is 5.78 Å². The van der Waals surface area contributed by atoms with Crippen LogP contribution in [0.25, 0.3) is 0 Å². The third-order valence-electron chi connectivity index (χ3n) is 5.19. The standard InChI is InChI=1S/C19H26N4O3S/c1-10-15(18(25)26-4)11(2)20-16(10)17(24)12(3)27-19-21-14(22-23-19)9-13-7-5-6-8-13/h12-13,20H,5-9H2,1-4H3,(H,21,22,23)/t12-/m1/s1. The van der Waals surface area contributed by atoms with E-state index in [1.165, 1.54) is 44.6 Å². The fraction of sp³-hybridized carbons (Fsp3) is 0.579. The molecule has 0 saturated heterocycles. The number of ether oxygens (including phenoxy) is 1. The Kier molecular flexibility index (Phi) is 6.04. The van der Waals surface area contributed by atoms with E-state index in [1.54, 1.807) is 13.8 Å². The molecule has 0 amide bonds. The van der Waals surface area contributed by atoms with E-state index in [0.29, 0.717) is 33.6 Å². The summed E-state index contributed by atoms with van der Waals surface area (Å²) in [7, 11) is 1.33. The van der Waals surface area contributed by atoms with Crippen LogP contribution < -0.4 is 0 Å². The minimum atomic E-state index is -0.439. The lowest BCUT2D eigenvalue weighted by molar-refractivity contribution is 0.0599. The molecule has 0 unspecified atom stereocenters. The van der Waals surface area contributed by atoms with Crippen LogP contribution in [0.15, 0.2) is 5.16 Å². The first-order valence-corrected chi connectivity index (χ1v) is 10.2. The summed E-state index contributed by atoms with van der Waals surface area (Å²) in [6.45, 7) is 5.35. The number of carbonyl (C=O) groups is 2. The smallest absolute Gasteiger partial charge is 0.339 e. The Bertz CT molecular complexity index is 836. The molecule has 1 aliphatic carbocycles. The Labute approximate surface area is 163 Å². The average molecular weight is 391 g/mol. The normalized spacial score (nSPS) is 15.9. The fourth-order valence-corrected chi connectivity index (χ4v) is 4.53. The highest BCUT2D eigenvalue weighted by Crippen LogP contribution is 2.29. The van der Waals surface area contributed by atoms with Crippen LogP contribution in [-0.4, -0.2) is 44.3 Å². The number of nitrogens with one attached hydrogen (secondary N) is 2. The van der Waals surface area contributed by atoms with E-state index in [0.717, 1.165) is 12.2 Å². The van der Waals surface area contributed by atoms with Gasteiger partial charge in [0.05, 0.1) is 23.6 Å². The van der Waals surface area contributed by atoms with Gasteiger partial charge in [-0.3, -0.25) is 9.89 Å². The number of esters is 1. The molecular formula is C19H26N4O3S. The maximum absolute atomic E-state index is 12.9. The number of hydrogen-bond acceptors (Lipinski definition) is 6. The van der Waals surface area contributed by atoms with Crippen LogP contribution >= 0.6 is 11.8 Å². The first-order chi connectivity index (χ1) is 12.9. The lowest BCUT2D eigenvalue weighted by Crippen LogP contribution is -2.15. The van der Waals surface area contributed by atoms with E-state index >= 15 is 0 Å². The molecule has 27 heavy (non-hydrogen) atoms. The maximum Gasteiger partial charge on any atom is 0.339 e. The molecule has 1 aliphatic rings. The first-order valence-electron chi connectivity index (χ1n) is 9.30. The Morgan fingerprint density at radius 3 is 2.67 bits per heavy atom. The Hall–Kier alpha value is -2.09. The Morgan fingerprint density at radius 1 is 1.30 bits per heavy atom. The third-order valence-corrected chi connectivity index (χ3v) is 6.15. The minimum absolute atomic E-state index is 0.0853. The summed E-state index contributed by atoms with van der Waals surface area (Å²) >= 11 is 1.32. The van der Waals surface area contributed by atoms with E-state index in [1.807, 2.05) is 6.92 Å². The molecule has 1 fully saturated rings. The van der Waals surface area contributed by atoms with Crippen LogP contribution in [0.3, 0.4) is 0 Å². The Morgan fingerprint density at radius 2 is 2.00 bits per heavy atom. The van der Waals surface area contributed by atoms with Crippen LogP contribution in [0.1, 0.15) is 70.5 Å². The number of hydrogen-bond donors (Lipinski definition) is 2. The largest absolute Gasteiger partial charge is 0.465 e. The number of Topliss-reactive ketones (excluding diaryl/α,β-unsaturated/α-hetero) is 1. The van der Waals surface area contributed by atoms with Gasteiger partial charge in [0.1, 0.15) is 5.82 Å². The zero-order valence-electron chi connectivity index (χ0n) is 16.2. The van der Waals surface area contributed by atoms with Crippen molar-refractivity contribution in [2.75, 3.05) is 7.11 Å². The zero-order valence-corrected chi connectivity index (χ0v) is 17.0. The van der Waals surface area contributed by atoms with Gasteiger partial charge in [-0.05, 0) is 32.3 Å². The number of ketones is 1. The van der Waals surface area contributed by atoms with Crippen LogP contribution in [0.2, 0.25) is 0 Å². The summed E-state index contributed by atoms with van der Waals surface area (Å²) in [6, 6.07) is 0. The topological polar surface area (TPSA) is 101 Å². The summed E-state index contributed by atoms with van der Waals surface area (Å²) in [5.41, 5.74) is 2.12. The Balaban J connectivity index is 1.67. The fourth-order valence-electron chi connectivity index (χ4n) is 3.73. The highest BCUT2D eigenvalue weighted by molar-refractivity contribution is 8.00. The molecule has 0 bridgehead atoms. The number of aromatic nitrogens is 4. The molecule has 0 aliphatic heterocycles. The summed E-state index contributed by atoms with van der Waals surface area (Å²) in [5.74, 6) is 1.06. The van der Waals surface area contributed by atoms with Crippen molar-refractivity contribution in [3.8, 4) is 0 Å². The van der Waals surface area contributed by atoms with Crippen LogP contribution in [0.5, 0.6) is 0 Å². The second-order valence-electron chi connectivity index (χ2n) is 7.16. The number of thioether (sulfide) groups is 1. The average Bonchev–Trinajstić information content (AvgIpc) is 3.36. The van der Waals surface area contributed by atoms with Crippen molar-refractivity contribution in [1.82, 2.24) is 20.2 Å². The molecule has 7 nitrogen and oxygen atoms in total. The predicted molar refractivity (Wildman–Crippen MR) is 103 cm³/mol. The van der Waals surface area contributed by atoms with Gasteiger partial charge in [0.25, 0.3) is 0 Å². The van der Waals surface area contributed by atoms with Gasteiger partial charge in [0, 0.05) is 12.1 Å². The highest BCUT2D eigenvalue weighted by Gasteiger charge is 2.27. The summed E-state index contributed by atoms with van der Waals surface area (Å²) < 4.78 is 4.80. The van der Waals surface area contributed by atoms with Crippen LogP contribution in [0, 0.1) is 19.8 Å². The molecule has 0 radical (unpaired) electrons. The molecule has 2 N–H and O–H groups in total. The van der Waals surface area contributed by atoms with Gasteiger partial charge in [-0.2, -0.15) is 0 Å². The predicted octanol–water partition coefficient (Wildman–Crippen LogP) is 3.63. The van der Waals surface area contributed by atoms with Crippen LogP contribution in [-0.2, 0) is 11.2 Å². The van der Waals surface area contributed by atoms with E-state index in [-0.39, 0.29) is 11.0 Å². The third kappa shape index (κ3) is 4.26. The molecule has 0 aromatic carbocycles. The molecular weight excluding hydrogens is 364 g/mol. The van der Waals surface area contributed by atoms with E-state index < -0.39 is 5.97 Å². The molecule has 1 atom stereocenters. The monoisotopic (exact) mass is 390 g/mol. The number of aromatic amines is 2. The van der Waals surface area contributed by atoms with Gasteiger partial charge in [0.2, 0.25) is 5.16 Å². The van der Waals surface area contributed by atoms with Gasteiger partial charge in [-0.1, -0.05) is 37.4 Å². The van der Waals surface area contributed by atoms with Crippen molar-refractivity contribution in [2.24, 2.45) is 5.92 Å². The maximum atomic E-state index is 12.9. The van der Waals surface area contributed by atoms with Crippen molar-refractivity contribution in [3.05, 3.63) is 28.3 Å². The summed E-state index contributed by atoms with van der Waals surface area (Å²) in [5, 5.41) is 7.46. The van der Waals surface area contributed by atoms with E-state index in [9.17, 15) is 9.59 Å². The molecule has 0 spiro atoms. The molecule has 146 valence electrons. The number of carbonyl (C=O) groups excluding carboxylic acids is 2. The van der Waals surface area contributed by atoms with Gasteiger partial charge >= 0.3 is 5.97 Å². The quantitative estimate of drug-likeness (QED) is 0.425. The first kappa shape index (κ1) is 19.7. The number of aryl methyl sites for hydroxylation is 1. The molecule has 2 aromatic heterocycles. The summed E-state index contributed by atoms with van der Waals surface area (Å²) in [4.78, 5) is 32.3.